The molecular formula is C16H19FO3S. The van der Waals surface area contributed by atoms with Crippen LogP contribution in [0.25, 0.3) is 0 Å². The molecule has 5 heteroatoms. The fourth-order valence-electron chi connectivity index (χ4n) is 3.62. The van der Waals surface area contributed by atoms with Crippen LogP contribution in [0.2, 0.25) is 0 Å². The molecule has 2 bridgehead atoms. The third-order valence-corrected chi connectivity index (χ3v) is 7.54. The topological polar surface area (TPSA) is 51.2 Å². The lowest BCUT2D eigenvalue weighted by Crippen LogP contribution is -2.45. The summed E-state index contributed by atoms with van der Waals surface area (Å²) < 4.78 is 37.3. The summed E-state index contributed by atoms with van der Waals surface area (Å²) in [5, 5.41) is -0.653. The van der Waals surface area contributed by atoms with Crippen LogP contribution in [0.1, 0.15) is 37.7 Å². The van der Waals surface area contributed by atoms with E-state index in [2.05, 4.69) is 0 Å². The maximum absolute atomic E-state index is 12.9. The first-order chi connectivity index (χ1) is 9.96. The summed E-state index contributed by atoms with van der Waals surface area (Å²) in [5.74, 6) is -0.383. The van der Waals surface area contributed by atoms with Gasteiger partial charge in [-0.25, -0.2) is 12.8 Å². The lowest BCUT2D eigenvalue weighted by atomic mass is 9.85. The molecule has 114 valence electrons. The van der Waals surface area contributed by atoms with Crippen LogP contribution in [-0.4, -0.2) is 24.7 Å². The number of carbonyl (C=O) groups excluding carboxylic acids is 1. The van der Waals surface area contributed by atoms with Gasteiger partial charge >= 0.3 is 0 Å². The second kappa shape index (κ2) is 5.52. The number of Topliss-reactive ketones (excluding diaryl/α,β-unsaturated/α-hetero) is 1. The zero-order chi connectivity index (χ0) is 15.0. The van der Waals surface area contributed by atoms with Crippen molar-refractivity contribution < 1.29 is 17.6 Å². The van der Waals surface area contributed by atoms with Crippen molar-refractivity contribution >= 4 is 15.6 Å². The molecule has 3 rings (SSSR count). The van der Waals surface area contributed by atoms with Crippen LogP contribution in [0.3, 0.4) is 0 Å². The molecule has 3 nitrogen and oxygen atoms in total. The predicted octanol–water partition coefficient (Wildman–Crippen LogP) is 2.68. The molecule has 2 heterocycles. The highest BCUT2D eigenvalue weighted by molar-refractivity contribution is 7.92. The van der Waals surface area contributed by atoms with Gasteiger partial charge in [0.2, 0.25) is 0 Å². The third-order valence-electron chi connectivity index (χ3n) is 4.82. The van der Waals surface area contributed by atoms with Crippen molar-refractivity contribution in [3.63, 3.8) is 0 Å². The first kappa shape index (κ1) is 14.7. The van der Waals surface area contributed by atoms with Gasteiger partial charge in [0, 0.05) is 12.3 Å². The van der Waals surface area contributed by atoms with Crippen molar-refractivity contribution in [2.24, 2.45) is 5.92 Å². The second-order valence-corrected chi connectivity index (χ2v) is 8.71. The molecule has 0 aromatic heterocycles. The molecule has 1 aromatic rings. The van der Waals surface area contributed by atoms with Crippen molar-refractivity contribution in [2.45, 2.75) is 49.0 Å². The maximum atomic E-state index is 12.9. The van der Waals surface area contributed by atoms with Crippen molar-refractivity contribution in [1.29, 1.82) is 0 Å². The smallest absolute Gasteiger partial charge is 0.156 e. The number of halogens is 1. The van der Waals surface area contributed by atoms with Crippen LogP contribution in [0, 0.1) is 11.7 Å². The van der Waals surface area contributed by atoms with Crippen molar-refractivity contribution in [3.05, 3.63) is 35.6 Å². The minimum atomic E-state index is -3.01. The average molecular weight is 310 g/mol. The monoisotopic (exact) mass is 310 g/mol. The Hall–Kier alpha value is -1.23. The van der Waals surface area contributed by atoms with Gasteiger partial charge in [-0.3, -0.25) is 4.79 Å². The maximum Gasteiger partial charge on any atom is 0.156 e. The molecule has 2 fully saturated rings. The number of sulfone groups is 1. The van der Waals surface area contributed by atoms with E-state index in [0.717, 1.165) is 12.0 Å². The van der Waals surface area contributed by atoms with Crippen LogP contribution in [0.5, 0.6) is 0 Å². The van der Waals surface area contributed by atoms with Gasteiger partial charge in [-0.15, -0.1) is 0 Å². The number of hydrogen-bond donors (Lipinski definition) is 0. The van der Waals surface area contributed by atoms with Crippen LogP contribution in [0.4, 0.5) is 4.39 Å². The van der Waals surface area contributed by atoms with Crippen LogP contribution < -0.4 is 0 Å². The molecule has 0 spiro atoms. The van der Waals surface area contributed by atoms with Gasteiger partial charge in [-0.05, 0) is 43.4 Å². The molecule has 0 amide bonds. The highest BCUT2D eigenvalue weighted by Crippen LogP contribution is 2.39. The summed E-state index contributed by atoms with van der Waals surface area (Å²) in [6, 6.07) is 5.94. The molecule has 2 aliphatic rings. The van der Waals surface area contributed by atoms with E-state index in [9.17, 15) is 17.6 Å². The van der Waals surface area contributed by atoms with Crippen LogP contribution in [0.15, 0.2) is 24.3 Å². The lowest BCUT2D eigenvalue weighted by molar-refractivity contribution is -0.122. The second-order valence-electron chi connectivity index (χ2n) is 6.20. The largest absolute Gasteiger partial charge is 0.299 e. The van der Waals surface area contributed by atoms with Gasteiger partial charge in [0.15, 0.2) is 9.84 Å². The molecule has 2 atom stereocenters. The van der Waals surface area contributed by atoms with Crippen molar-refractivity contribution in [1.82, 2.24) is 0 Å². The van der Waals surface area contributed by atoms with E-state index in [1.54, 1.807) is 12.1 Å². The van der Waals surface area contributed by atoms with E-state index in [1.807, 2.05) is 0 Å². The van der Waals surface area contributed by atoms with Crippen molar-refractivity contribution in [2.75, 3.05) is 0 Å². The molecule has 0 radical (unpaired) electrons. The fraction of sp³-hybridized carbons (Fsp3) is 0.562. The first-order valence-electron chi connectivity index (χ1n) is 7.46. The Morgan fingerprint density at radius 2 is 1.67 bits per heavy atom. The number of benzene rings is 1. The Morgan fingerprint density at radius 1 is 1.10 bits per heavy atom. The van der Waals surface area contributed by atoms with Gasteiger partial charge in [0.1, 0.15) is 11.6 Å². The number of hydrogen-bond acceptors (Lipinski definition) is 3. The lowest BCUT2D eigenvalue weighted by Gasteiger charge is -2.38. The number of carbonyl (C=O) groups is 1. The summed E-state index contributed by atoms with van der Waals surface area (Å²) in [5.41, 5.74) is 0.792. The van der Waals surface area contributed by atoms with E-state index in [0.29, 0.717) is 25.7 Å². The predicted molar refractivity (Wildman–Crippen MR) is 78.2 cm³/mol. The molecule has 1 aromatic carbocycles. The molecule has 2 aliphatic heterocycles. The summed E-state index contributed by atoms with van der Waals surface area (Å²) in [7, 11) is -3.01. The highest BCUT2D eigenvalue weighted by Gasteiger charge is 2.45. The number of rotatable bonds is 3. The Balaban J connectivity index is 1.70. The fourth-order valence-corrected chi connectivity index (χ4v) is 6.16. The summed E-state index contributed by atoms with van der Waals surface area (Å²) in [6.45, 7) is 0. The number of fused-ring (bicyclic) bond motifs is 2. The minimum absolute atomic E-state index is 0.0911. The summed E-state index contributed by atoms with van der Waals surface area (Å²) in [4.78, 5) is 12.4. The SMILES string of the molecule is O=C(Cc1ccc(F)cc1)C1CC2CCCC(C1)S2(=O)=O. The van der Waals surface area contributed by atoms with E-state index < -0.39 is 9.84 Å². The molecule has 2 unspecified atom stereocenters. The molecule has 0 N–H and O–H groups in total. The molecule has 0 aliphatic carbocycles. The Morgan fingerprint density at radius 3 is 2.24 bits per heavy atom. The Kier molecular flexibility index (Phi) is 3.86. The van der Waals surface area contributed by atoms with E-state index in [-0.39, 0.29) is 34.4 Å². The normalized spacial score (nSPS) is 30.8. The standard InChI is InChI=1S/C16H19FO3S/c17-13-6-4-11(5-7-13)8-16(18)12-9-14-2-1-3-15(10-12)21(14,19)20/h4-7,12,14-15H,1-3,8-10H2. The van der Waals surface area contributed by atoms with E-state index in [4.69, 9.17) is 0 Å². The van der Waals surface area contributed by atoms with Gasteiger partial charge < -0.3 is 0 Å². The third kappa shape index (κ3) is 2.89. The zero-order valence-electron chi connectivity index (χ0n) is 11.8. The summed E-state index contributed by atoms with van der Waals surface area (Å²) >= 11 is 0. The highest BCUT2D eigenvalue weighted by atomic mass is 32.2. The van der Waals surface area contributed by atoms with Gasteiger partial charge in [0.25, 0.3) is 0 Å². The van der Waals surface area contributed by atoms with Crippen LogP contribution >= 0.6 is 0 Å². The van der Waals surface area contributed by atoms with Crippen LogP contribution in [-0.2, 0) is 21.1 Å². The quantitative estimate of drug-likeness (QED) is 0.862. The molecule has 2 saturated heterocycles. The number of ketones is 1. The minimum Gasteiger partial charge on any atom is -0.299 e. The zero-order valence-corrected chi connectivity index (χ0v) is 12.6. The van der Waals surface area contributed by atoms with Gasteiger partial charge in [0.05, 0.1) is 10.5 Å². The Labute approximate surface area is 124 Å². The molecule has 21 heavy (non-hydrogen) atoms. The molecule has 0 saturated carbocycles. The van der Waals surface area contributed by atoms with Gasteiger partial charge in [-0.2, -0.15) is 0 Å². The molecular weight excluding hydrogens is 291 g/mol. The summed E-state index contributed by atoms with van der Waals surface area (Å²) in [6.07, 6.45) is 3.55. The Bertz CT molecular complexity index is 616. The average Bonchev–Trinajstić information content (AvgIpc) is 2.40. The van der Waals surface area contributed by atoms with E-state index >= 15 is 0 Å². The first-order valence-corrected chi connectivity index (χ1v) is 9.07. The van der Waals surface area contributed by atoms with E-state index in [1.165, 1.54) is 12.1 Å². The van der Waals surface area contributed by atoms with Gasteiger partial charge in [-0.1, -0.05) is 18.6 Å². The van der Waals surface area contributed by atoms with Crippen molar-refractivity contribution in [3.8, 4) is 0 Å².